The predicted molar refractivity (Wildman–Crippen MR) is 169 cm³/mol. The summed E-state index contributed by atoms with van der Waals surface area (Å²) in [7, 11) is 3.13. The van der Waals surface area contributed by atoms with Gasteiger partial charge in [-0.2, -0.15) is 4.98 Å². The Balaban J connectivity index is 1.58. The summed E-state index contributed by atoms with van der Waals surface area (Å²) in [5.74, 6) is 2.34. The second kappa shape index (κ2) is 14.9. The lowest BCUT2D eigenvalue weighted by Crippen LogP contribution is -2.48. The lowest BCUT2D eigenvalue weighted by Gasteiger charge is -2.35. The number of carbonyl (C=O) groups excluding carboxylic acids is 1. The van der Waals surface area contributed by atoms with Crippen LogP contribution in [-0.4, -0.2) is 105 Å². The van der Waals surface area contributed by atoms with Gasteiger partial charge in [0.15, 0.2) is 0 Å². The van der Waals surface area contributed by atoms with Crippen molar-refractivity contribution in [1.29, 1.82) is 0 Å². The Hall–Kier alpha value is -3.05. The first kappa shape index (κ1) is 31.9. The Bertz CT molecular complexity index is 1270. The summed E-state index contributed by atoms with van der Waals surface area (Å²) in [5, 5.41) is 4.20. The van der Waals surface area contributed by atoms with E-state index in [1.807, 2.05) is 31.0 Å². The number of amides is 1. The Kier molecular flexibility index (Phi) is 11.3. The third kappa shape index (κ3) is 7.47. The maximum atomic E-state index is 12.0. The van der Waals surface area contributed by atoms with Crippen molar-refractivity contribution >= 4 is 52.5 Å². The summed E-state index contributed by atoms with van der Waals surface area (Å²) in [6, 6.07) is 1.75. The zero-order valence-electron chi connectivity index (χ0n) is 24.8. The Morgan fingerprint density at radius 3 is 2.45 bits per heavy atom. The molecule has 1 saturated heterocycles. The number of carbonyl (C=O) groups is 1. The van der Waals surface area contributed by atoms with E-state index in [4.69, 9.17) is 42.4 Å². The highest BCUT2D eigenvalue weighted by atomic mass is 35.5. The molecule has 2 aliphatic heterocycles. The molecule has 1 amide bonds. The lowest BCUT2D eigenvalue weighted by molar-refractivity contribution is -0.127. The van der Waals surface area contributed by atoms with Gasteiger partial charge in [0.1, 0.15) is 17.3 Å². The minimum atomic E-state index is -0.00921. The number of hydrogen-bond acceptors (Lipinski definition) is 9. The molecule has 1 aromatic carbocycles. The van der Waals surface area contributed by atoms with E-state index >= 15 is 0 Å². The van der Waals surface area contributed by atoms with Gasteiger partial charge >= 0.3 is 0 Å². The molecule has 1 atom stereocenters. The molecule has 42 heavy (non-hydrogen) atoms. The van der Waals surface area contributed by atoms with Crippen LogP contribution in [-0.2, 0) is 9.53 Å². The van der Waals surface area contributed by atoms with E-state index < -0.39 is 0 Å². The van der Waals surface area contributed by atoms with Gasteiger partial charge in [-0.05, 0) is 44.5 Å². The standard InChI is InChI=1S/C30H40Cl2N6O4/c1-6-25(39)37-13-11-36(12-14-37)9-8-10-38-18-22(26-27(31)23(40-4)16-24(41-5)28(26)32)15-21-17-33-30(35-29(21)38)34-20(3)19-42-7-2/h6,15-17,20H,1,7-14,18-19H2,2-5H3,(H,33,34,35)/t20-/m0/s1. The third-order valence-electron chi connectivity index (χ3n) is 7.39. The third-order valence-corrected chi connectivity index (χ3v) is 8.14. The molecule has 2 aromatic rings. The number of nitrogens with one attached hydrogen (secondary N) is 1. The van der Waals surface area contributed by atoms with Crippen LogP contribution >= 0.6 is 23.2 Å². The maximum Gasteiger partial charge on any atom is 0.246 e. The zero-order chi connectivity index (χ0) is 30.2. The van der Waals surface area contributed by atoms with E-state index in [2.05, 4.69) is 26.7 Å². The lowest BCUT2D eigenvalue weighted by atomic mass is 9.98. The van der Waals surface area contributed by atoms with E-state index in [0.717, 1.165) is 49.6 Å². The molecule has 1 fully saturated rings. The van der Waals surface area contributed by atoms with Gasteiger partial charge in [-0.25, -0.2) is 4.98 Å². The summed E-state index contributed by atoms with van der Waals surface area (Å²) < 4.78 is 16.6. The molecule has 0 aliphatic carbocycles. The van der Waals surface area contributed by atoms with Crippen LogP contribution in [0.3, 0.4) is 0 Å². The number of piperazine rings is 1. The molecule has 10 nitrogen and oxygen atoms in total. The molecule has 1 aromatic heterocycles. The quantitative estimate of drug-likeness (QED) is 0.320. The van der Waals surface area contributed by atoms with Crippen molar-refractivity contribution in [2.24, 2.45) is 0 Å². The van der Waals surface area contributed by atoms with Gasteiger partial charge in [0.05, 0.1) is 30.9 Å². The van der Waals surface area contributed by atoms with Crippen molar-refractivity contribution in [3.05, 3.63) is 46.1 Å². The number of hydrogen-bond donors (Lipinski definition) is 1. The zero-order valence-corrected chi connectivity index (χ0v) is 26.3. The van der Waals surface area contributed by atoms with Crippen LogP contribution in [0, 0.1) is 0 Å². The van der Waals surface area contributed by atoms with E-state index in [1.54, 1.807) is 20.3 Å². The van der Waals surface area contributed by atoms with Crippen LogP contribution in [0.25, 0.3) is 11.6 Å². The average Bonchev–Trinajstić information content (AvgIpc) is 3.00. The van der Waals surface area contributed by atoms with E-state index in [0.29, 0.717) is 65.9 Å². The molecule has 0 bridgehead atoms. The number of nitrogens with zero attached hydrogens (tertiary/aromatic N) is 5. The molecule has 0 radical (unpaired) electrons. The molecular weight excluding hydrogens is 579 g/mol. The van der Waals surface area contributed by atoms with Gasteiger partial charge in [0.2, 0.25) is 11.9 Å². The van der Waals surface area contributed by atoms with Crippen molar-refractivity contribution in [2.75, 3.05) is 83.5 Å². The SMILES string of the molecule is C=CC(=O)N1CCN(CCCN2CC(c3c(Cl)c(OC)cc(OC)c3Cl)=Cc3cnc(N[C@@H](C)COCC)nc32)CC1. The highest BCUT2D eigenvalue weighted by molar-refractivity contribution is 6.39. The highest BCUT2D eigenvalue weighted by Crippen LogP contribution is 2.46. The second-order valence-corrected chi connectivity index (χ2v) is 11.0. The molecule has 12 heteroatoms. The molecule has 228 valence electrons. The smallest absolute Gasteiger partial charge is 0.246 e. The van der Waals surface area contributed by atoms with Crippen LogP contribution in [0.5, 0.6) is 11.5 Å². The van der Waals surface area contributed by atoms with Crippen LogP contribution in [0.4, 0.5) is 11.8 Å². The van der Waals surface area contributed by atoms with Crippen molar-refractivity contribution < 1.29 is 19.0 Å². The van der Waals surface area contributed by atoms with Crippen molar-refractivity contribution in [1.82, 2.24) is 19.8 Å². The van der Waals surface area contributed by atoms with Crippen molar-refractivity contribution in [2.45, 2.75) is 26.3 Å². The fraction of sp³-hybridized carbons (Fsp3) is 0.500. The van der Waals surface area contributed by atoms with Crippen LogP contribution in [0.15, 0.2) is 24.9 Å². The van der Waals surface area contributed by atoms with E-state index in [9.17, 15) is 4.79 Å². The fourth-order valence-corrected chi connectivity index (χ4v) is 5.93. The molecule has 4 rings (SSSR count). The van der Waals surface area contributed by atoms with Crippen LogP contribution in [0.2, 0.25) is 10.0 Å². The first-order valence-electron chi connectivity index (χ1n) is 14.2. The first-order chi connectivity index (χ1) is 20.3. The largest absolute Gasteiger partial charge is 0.495 e. The number of anilines is 2. The van der Waals surface area contributed by atoms with Gasteiger partial charge in [-0.1, -0.05) is 29.8 Å². The number of fused-ring (bicyclic) bond motifs is 1. The van der Waals surface area contributed by atoms with Gasteiger partial charge in [0.25, 0.3) is 0 Å². The number of rotatable bonds is 13. The molecule has 3 heterocycles. The van der Waals surface area contributed by atoms with Crippen molar-refractivity contribution in [3.8, 4) is 11.5 Å². The summed E-state index contributed by atoms with van der Waals surface area (Å²) in [5.41, 5.74) is 2.45. The molecule has 1 N–H and O–H groups in total. The molecule has 0 saturated carbocycles. The van der Waals surface area contributed by atoms with Gasteiger partial charge < -0.3 is 29.3 Å². The predicted octanol–water partition coefficient (Wildman–Crippen LogP) is 4.72. The number of methoxy groups -OCH3 is 2. The number of halogens is 2. The molecular formula is C30H40Cl2N6O4. The molecule has 0 spiro atoms. The molecule has 0 unspecified atom stereocenters. The minimum absolute atomic E-state index is 0.00921. The fourth-order valence-electron chi connectivity index (χ4n) is 5.19. The highest BCUT2D eigenvalue weighted by Gasteiger charge is 2.27. The maximum absolute atomic E-state index is 12.0. The van der Waals surface area contributed by atoms with Crippen LogP contribution in [0.1, 0.15) is 31.4 Å². The minimum Gasteiger partial charge on any atom is -0.495 e. The second-order valence-electron chi connectivity index (χ2n) is 10.3. The average molecular weight is 620 g/mol. The normalized spacial score (nSPS) is 16.0. The molecule has 2 aliphatic rings. The monoisotopic (exact) mass is 618 g/mol. The summed E-state index contributed by atoms with van der Waals surface area (Å²) >= 11 is 13.6. The Morgan fingerprint density at radius 1 is 1.14 bits per heavy atom. The van der Waals surface area contributed by atoms with E-state index in [-0.39, 0.29) is 11.9 Å². The summed E-state index contributed by atoms with van der Waals surface area (Å²) in [4.78, 5) is 27.9. The first-order valence-corrected chi connectivity index (χ1v) is 15.0. The summed E-state index contributed by atoms with van der Waals surface area (Å²) in [6.07, 6.45) is 6.13. The Morgan fingerprint density at radius 2 is 1.83 bits per heavy atom. The van der Waals surface area contributed by atoms with Gasteiger partial charge in [-0.15, -0.1) is 0 Å². The number of aromatic nitrogens is 2. The number of ether oxygens (including phenoxy) is 3. The van der Waals surface area contributed by atoms with Gasteiger partial charge in [0, 0.05) is 75.3 Å². The summed E-state index contributed by atoms with van der Waals surface area (Å²) in [6.45, 7) is 14.1. The van der Waals surface area contributed by atoms with Gasteiger partial charge in [-0.3, -0.25) is 9.69 Å². The van der Waals surface area contributed by atoms with Crippen molar-refractivity contribution in [3.63, 3.8) is 0 Å². The number of benzene rings is 1. The van der Waals surface area contributed by atoms with E-state index in [1.165, 1.54) is 6.08 Å². The topological polar surface area (TPSA) is 92.3 Å². The Labute approximate surface area is 258 Å². The van der Waals surface area contributed by atoms with Crippen LogP contribution < -0.4 is 19.7 Å².